The van der Waals surface area contributed by atoms with E-state index in [9.17, 15) is 4.79 Å². The normalized spacial score (nSPS) is 10.8. The summed E-state index contributed by atoms with van der Waals surface area (Å²) in [6.07, 6.45) is 0.688. The molecule has 4 nitrogen and oxygen atoms in total. The fourth-order valence-electron chi connectivity index (χ4n) is 1.69. The van der Waals surface area contributed by atoms with Gasteiger partial charge in [0.15, 0.2) is 0 Å². The zero-order chi connectivity index (χ0) is 14.4. The first-order chi connectivity index (χ1) is 8.88. The maximum Gasteiger partial charge on any atom is 0.303 e. The Kier molecular flexibility index (Phi) is 5.67. The molecule has 0 spiro atoms. The molecule has 1 rings (SSSR count). The smallest absolute Gasteiger partial charge is 0.303 e. The van der Waals surface area contributed by atoms with Gasteiger partial charge in [-0.1, -0.05) is 6.07 Å². The highest BCUT2D eigenvalue weighted by Gasteiger charge is 2.10. The summed E-state index contributed by atoms with van der Waals surface area (Å²) in [5.74, 6) is 0.636. The monoisotopic (exact) mass is 266 g/mol. The minimum absolute atomic E-state index is 0.0397. The maximum absolute atomic E-state index is 10.7. The summed E-state index contributed by atoms with van der Waals surface area (Å²) >= 11 is 0. The molecule has 0 heterocycles. The number of hydrogen-bond donors (Lipinski definition) is 1. The summed E-state index contributed by atoms with van der Waals surface area (Å²) in [5.41, 5.74) is 0.896. The van der Waals surface area contributed by atoms with Gasteiger partial charge in [-0.3, -0.25) is 4.79 Å². The number of benzene rings is 1. The van der Waals surface area contributed by atoms with E-state index in [2.05, 4.69) is 0 Å². The highest BCUT2D eigenvalue weighted by Crippen LogP contribution is 2.27. The quantitative estimate of drug-likeness (QED) is 0.823. The Morgan fingerprint density at radius 3 is 2.32 bits per heavy atom. The average molecular weight is 266 g/mol. The van der Waals surface area contributed by atoms with Gasteiger partial charge in [0.25, 0.3) is 0 Å². The Bertz CT molecular complexity index is 424. The summed E-state index contributed by atoms with van der Waals surface area (Å²) in [4.78, 5) is 10.7. The van der Waals surface area contributed by atoms with Crippen LogP contribution < -0.4 is 9.47 Å². The Labute approximate surface area is 114 Å². The lowest BCUT2D eigenvalue weighted by Gasteiger charge is -2.17. The van der Waals surface area contributed by atoms with Crippen molar-refractivity contribution in [3.05, 3.63) is 23.8 Å². The highest BCUT2D eigenvalue weighted by atomic mass is 16.5. The van der Waals surface area contributed by atoms with E-state index < -0.39 is 5.97 Å². The van der Waals surface area contributed by atoms with Gasteiger partial charge in [-0.05, 0) is 45.7 Å². The number of hydrogen-bond acceptors (Lipinski definition) is 3. The molecule has 1 N–H and O–H groups in total. The molecule has 4 heteroatoms. The van der Waals surface area contributed by atoms with Gasteiger partial charge in [0.2, 0.25) is 0 Å². The van der Waals surface area contributed by atoms with E-state index in [1.807, 2.05) is 45.9 Å². The standard InChI is InChI=1S/C15H22O4/c1-10(2)18-13-7-5-12(6-8-15(16)17)14(9-13)19-11(3)4/h5,7,9-11H,6,8H2,1-4H3,(H,16,17). The number of carboxylic acid groups (broad SMARTS) is 1. The molecule has 1 aromatic carbocycles. The summed E-state index contributed by atoms with van der Waals surface area (Å²) in [5, 5.41) is 8.76. The van der Waals surface area contributed by atoms with Gasteiger partial charge in [-0.15, -0.1) is 0 Å². The minimum atomic E-state index is -0.807. The molecule has 0 radical (unpaired) electrons. The lowest BCUT2D eigenvalue weighted by atomic mass is 10.1. The molecule has 106 valence electrons. The van der Waals surface area contributed by atoms with Crippen LogP contribution in [0.1, 0.15) is 39.7 Å². The maximum atomic E-state index is 10.7. The van der Waals surface area contributed by atoms with E-state index in [4.69, 9.17) is 14.6 Å². The first-order valence-electron chi connectivity index (χ1n) is 6.56. The van der Waals surface area contributed by atoms with Crippen LogP contribution in [-0.2, 0) is 11.2 Å². The Balaban J connectivity index is 2.91. The van der Waals surface area contributed by atoms with Gasteiger partial charge in [0.1, 0.15) is 11.5 Å². The Morgan fingerprint density at radius 1 is 1.16 bits per heavy atom. The van der Waals surface area contributed by atoms with Gasteiger partial charge in [0, 0.05) is 12.5 Å². The number of ether oxygens (including phenoxy) is 2. The van der Waals surface area contributed by atoms with Gasteiger partial charge < -0.3 is 14.6 Å². The summed E-state index contributed by atoms with van der Waals surface area (Å²) in [6, 6.07) is 5.56. The molecule has 0 saturated carbocycles. The lowest BCUT2D eigenvalue weighted by Crippen LogP contribution is -2.10. The van der Waals surface area contributed by atoms with E-state index in [1.165, 1.54) is 0 Å². The molecular weight excluding hydrogens is 244 g/mol. The second-order valence-corrected chi connectivity index (χ2v) is 5.00. The largest absolute Gasteiger partial charge is 0.491 e. The molecule has 0 aromatic heterocycles. The van der Waals surface area contributed by atoms with Crippen LogP contribution in [-0.4, -0.2) is 23.3 Å². The lowest BCUT2D eigenvalue weighted by molar-refractivity contribution is -0.136. The van der Waals surface area contributed by atoms with Crippen LogP contribution in [0.25, 0.3) is 0 Å². The van der Waals surface area contributed by atoms with Gasteiger partial charge in [-0.25, -0.2) is 0 Å². The predicted octanol–water partition coefficient (Wildman–Crippen LogP) is 3.28. The molecule has 0 fully saturated rings. The Hall–Kier alpha value is -1.71. The molecule has 0 aliphatic carbocycles. The highest BCUT2D eigenvalue weighted by molar-refractivity contribution is 5.67. The van der Waals surface area contributed by atoms with Crippen molar-refractivity contribution in [2.45, 2.75) is 52.7 Å². The van der Waals surface area contributed by atoms with Gasteiger partial charge in [0.05, 0.1) is 12.2 Å². The van der Waals surface area contributed by atoms with Crippen LogP contribution >= 0.6 is 0 Å². The third-order valence-corrected chi connectivity index (χ3v) is 2.38. The SMILES string of the molecule is CC(C)Oc1ccc(CCC(=O)O)c(OC(C)C)c1. The van der Waals surface area contributed by atoms with Gasteiger partial charge >= 0.3 is 5.97 Å². The fraction of sp³-hybridized carbons (Fsp3) is 0.533. The van der Waals surface area contributed by atoms with Crippen LogP contribution in [0.15, 0.2) is 18.2 Å². The van der Waals surface area contributed by atoms with Crippen molar-refractivity contribution < 1.29 is 19.4 Å². The topological polar surface area (TPSA) is 55.8 Å². The third-order valence-electron chi connectivity index (χ3n) is 2.38. The number of carbonyl (C=O) groups is 1. The van der Waals surface area contributed by atoms with E-state index in [1.54, 1.807) is 0 Å². The number of carboxylic acids is 1. The Morgan fingerprint density at radius 2 is 1.79 bits per heavy atom. The zero-order valence-electron chi connectivity index (χ0n) is 12.0. The van der Waals surface area contributed by atoms with Crippen molar-refractivity contribution in [3.8, 4) is 11.5 Å². The van der Waals surface area contributed by atoms with E-state index in [0.29, 0.717) is 12.2 Å². The first kappa shape index (κ1) is 15.3. The van der Waals surface area contributed by atoms with E-state index >= 15 is 0 Å². The van der Waals surface area contributed by atoms with Crippen LogP contribution in [0, 0.1) is 0 Å². The molecule has 0 amide bonds. The average Bonchev–Trinajstić information content (AvgIpc) is 2.26. The number of rotatable bonds is 7. The molecule has 0 aliphatic rings. The number of aliphatic carboxylic acids is 1. The van der Waals surface area contributed by atoms with Crippen molar-refractivity contribution in [3.63, 3.8) is 0 Å². The summed E-state index contributed by atoms with van der Waals surface area (Å²) < 4.78 is 11.3. The van der Waals surface area contributed by atoms with Crippen molar-refractivity contribution in [2.75, 3.05) is 0 Å². The molecule has 0 atom stereocenters. The minimum Gasteiger partial charge on any atom is -0.491 e. The molecular formula is C15H22O4. The molecule has 0 saturated heterocycles. The van der Waals surface area contributed by atoms with Crippen LogP contribution in [0.4, 0.5) is 0 Å². The molecule has 1 aromatic rings. The molecule has 0 bridgehead atoms. The van der Waals surface area contributed by atoms with Crippen molar-refractivity contribution in [1.82, 2.24) is 0 Å². The van der Waals surface area contributed by atoms with Crippen molar-refractivity contribution in [1.29, 1.82) is 0 Å². The van der Waals surface area contributed by atoms with Crippen molar-refractivity contribution >= 4 is 5.97 Å². The second-order valence-electron chi connectivity index (χ2n) is 5.00. The number of aryl methyl sites for hydroxylation is 1. The van der Waals surface area contributed by atoms with Crippen LogP contribution in [0.2, 0.25) is 0 Å². The summed E-state index contributed by atoms with van der Waals surface area (Å²) in [7, 11) is 0. The van der Waals surface area contributed by atoms with Crippen LogP contribution in [0.3, 0.4) is 0 Å². The zero-order valence-corrected chi connectivity index (χ0v) is 12.0. The first-order valence-corrected chi connectivity index (χ1v) is 6.56. The van der Waals surface area contributed by atoms with E-state index in [-0.39, 0.29) is 18.6 Å². The third kappa shape index (κ3) is 5.64. The molecule has 0 aliphatic heterocycles. The van der Waals surface area contributed by atoms with Crippen molar-refractivity contribution in [2.24, 2.45) is 0 Å². The molecule has 19 heavy (non-hydrogen) atoms. The van der Waals surface area contributed by atoms with E-state index in [0.717, 1.165) is 11.3 Å². The van der Waals surface area contributed by atoms with Crippen LogP contribution in [0.5, 0.6) is 11.5 Å². The summed E-state index contributed by atoms with van der Waals surface area (Å²) in [6.45, 7) is 7.80. The van der Waals surface area contributed by atoms with Gasteiger partial charge in [-0.2, -0.15) is 0 Å². The second kappa shape index (κ2) is 7.02. The molecule has 0 unspecified atom stereocenters. The fourth-order valence-corrected chi connectivity index (χ4v) is 1.69. The predicted molar refractivity (Wildman–Crippen MR) is 73.9 cm³/mol.